The van der Waals surface area contributed by atoms with E-state index in [4.69, 9.17) is 9.47 Å². The van der Waals surface area contributed by atoms with Crippen molar-refractivity contribution in [1.29, 1.82) is 0 Å². The number of amides is 1. The van der Waals surface area contributed by atoms with Crippen LogP contribution >= 0.6 is 31.9 Å². The Balaban J connectivity index is 1.75. The van der Waals surface area contributed by atoms with Crippen LogP contribution in [0.25, 0.3) is 10.8 Å². The van der Waals surface area contributed by atoms with Gasteiger partial charge in [-0.3, -0.25) is 4.79 Å². The summed E-state index contributed by atoms with van der Waals surface area (Å²) in [5.74, 6) is 1.39. The lowest BCUT2D eigenvalue weighted by atomic mass is 9.83. The van der Waals surface area contributed by atoms with Crippen molar-refractivity contribution in [1.82, 2.24) is 0 Å². The number of hydrogen-bond donors (Lipinski definition) is 1. The Bertz CT molecular complexity index is 1080. The van der Waals surface area contributed by atoms with Crippen molar-refractivity contribution in [2.24, 2.45) is 0 Å². The monoisotopic (exact) mass is 473 g/mol. The molecule has 0 aromatic heterocycles. The summed E-state index contributed by atoms with van der Waals surface area (Å²) in [6, 6.07) is 14.1. The second-order valence-electron chi connectivity index (χ2n) is 6.40. The van der Waals surface area contributed by atoms with E-state index in [1.165, 1.54) is 0 Å². The van der Waals surface area contributed by atoms with E-state index in [0.717, 1.165) is 48.0 Å². The molecule has 0 fully saturated rings. The molecule has 0 saturated heterocycles. The first kappa shape index (κ1) is 16.1. The lowest BCUT2D eigenvalue weighted by Gasteiger charge is -2.28. The van der Waals surface area contributed by atoms with Gasteiger partial charge in [0.2, 0.25) is 12.7 Å². The molecule has 3 aromatic carbocycles. The number of hydrogen-bond acceptors (Lipinski definition) is 3. The van der Waals surface area contributed by atoms with Gasteiger partial charge in [-0.05, 0) is 34.7 Å². The van der Waals surface area contributed by atoms with Gasteiger partial charge in [0, 0.05) is 26.7 Å². The second kappa shape index (κ2) is 5.99. The van der Waals surface area contributed by atoms with E-state index in [0.29, 0.717) is 6.42 Å². The molecule has 0 saturated carbocycles. The lowest BCUT2D eigenvalue weighted by molar-refractivity contribution is -0.116. The predicted octanol–water partition coefficient (Wildman–Crippen LogP) is 5.57. The van der Waals surface area contributed by atoms with E-state index in [2.05, 4.69) is 43.2 Å². The van der Waals surface area contributed by atoms with Crippen molar-refractivity contribution >= 4 is 54.2 Å². The standard InChI is InChI=1S/C20H13Br2NO3/c21-15-5-14-12(13-6-17-18(8-16(13)22)26-9-25-17)7-19(24)23-20(14)11-4-2-1-3-10(11)15/h1-6,8,12H,7,9H2,(H,23,24)/t12-/m1/s1. The molecule has 3 aromatic rings. The van der Waals surface area contributed by atoms with Crippen LogP contribution in [-0.2, 0) is 4.79 Å². The molecule has 0 radical (unpaired) electrons. The molecule has 2 aliphatic rings. The molecule has 5 rings (SSSR count). The number of rotatable bonds is 1. The maximum absolute atomic E-state index is 12.5. The van der Waals surface area contributed by atoms with Crippen molar-refractivity contribution in [2.45, 2.75) is 12.3 Å². The fourth-order valence-corrected chi connectivity index (χ4v) is 4.92. The summed E-state index contributed by atoms with van der Waals surface area (Å²) in [7, 11) is 0. The van der Waals surface area contributed by atoms with Gasteiger partial charge in [-0.15, -0.1) is 0 Å². The Morgan fingerprint density at radius 1 is 0.923 bits per heavy atom. The Hall–Kier alpha value is -2.05. The number of halogens is 2. The van der Waals surface area contributed by atoms with E-state index in [9.17, 15) is 4.79 Å². The number of ether oxygens (including phenoxy) is 2. The minimum atomic E-state index is -0.0662. The van der Waals surface area contributed by atoms with Crippen LogP contribution in [0.3, 0.4) is 0 Å². The molecule has 6 heteroatoms. The third-order valence-corrected chi connectivity index (χ3v) is 6.26. The predicted molar refractivity (Wildman–Crippen MR) is 107 cm³/mol. The van der Waals surface area contributed by atoms with Crippen LogP contribution in [0.2, 0.25) is 0 Å². The van der Waals surface area contributed by atoms with Crippen LogP contribution in [0, 0.1) is 0 Å². The summed E-state index contributed by atoms with van der Waals surface area (Å²) in [6.45, 7) is 0.225. The highest BCUT2D eigenvalue weighted by Gasteiger charge is 2.31. The fraction of sp³-hybridized carbons (Fsp3) is 0.150. The van der Waals surface area contributed by atoms with Crippen molar-refractivity contribution in [2.75, 3.05) is 12.1 Å². The zero-order chi connectivity index (χ0) is 17.8. The highest BCUT2D eigenvalue weighted by molar-refractivity contribution is 9.11. The summed E-state index contributed by atoms with van der Waals surface area (Å²) < 4.78 is 12.9. The number of carbonyl (C=O) groups is 1. The molecule has 1 N–H and O–H groups in total. The molecule has 0 unspecified atom stereocenters. The number of benzene rings is 3. The molecule has 2 heterocycles. The van der Waals surface area contributed by atoms with Crippen LogP contribution in [-0.4, -0.2) is 12.7 Å². The SMILES string of the molecule is O=C1C[C@H](c2cc3c(cc2Br)OCO3)c2cc(Br)c3ccccc3c2N1. The summed E-state index contributed by atoms with van der Waals surface area (Å²) >= 11 is 7.34. The maximum Gasteiger partial charge on any atom is 0.231 e. The highest BCUT2D eigenvalue weighted by Crippen LogP contribution is 2.47. The number of anilines is 1. The molecule has 0 bridgehead atoms. The first-order valence-corrected chi connectivity index (χ1v) is 9.80. The topological polar surface area (TPSA) is 47.6 Å². The van der Waals surface area contributed by atoms with E-state index < -0.39 is 0 Å². The molecule has 4 nitrogen and oxygen atoms in total. The highest BCUT2D eigenvalue weighted by atomic mass is 79.9. The van der Waals surface area contributed by atoms with E-state index in [1.54, 1.807) is 0 Å². The van der Waals surface area contributed by atoms with Gasteiger partial charge >= 0.3 is 0 Å². The normalized spacial score (nSPS) is 17.9. The lowest BCUT2D eigenvalue weighted by Crippen LogP contribution is -2.24. The molecule has 2 aliphatic heterocycles. The average Bonchev–Trinajstić information content (AvgIpc) is 3.09. The zero-order valence-corrected chi connectivity index (χ0v) is 16.7. The summed E-state index contributed by atoms with van der Waals surface area (Å²) in [5, 5.41) is 5.19. The van der Waals surface area contributed by atoms with Gasteiger partial charge in [0.15, 0.2) is 11.5 Å². The minimum absolute atomic E-state index is 0.0135. The van der Waals surface area contributed by atoms with Gasteiger partial charge in [0.1, 0.15) is 0 Å². The fourth-order valence-electron chi connectivity index (χ4n) is 3.73. The molecular formula is C20H13Br2NO3. The van der Waals surface area contributed by atoms with Gasteiger partial charge in [0.05, 0.1) is 5.69 Å². The molecular weight excluding hydrogens is 462 g/mol. The maximum atomic E-state index is 12.5. The van der Waals surface area contributed by atoms with Crippen LogP contribution in [0.1, 0.15) is 23.5 Å². The van der Waals surface area contributed by atoms with E-state index in [1.807, 2.05) is 36.4 Å². The van der Waals surface area contributed by atoms with Gasteiger partial charge in [-0.1, -0.05) is 56.1 Å². The molecule has 1 atom stereocenters. The van der Waals surface area contributed by atoms with Crippen molar-refractivity contribution in [3.05, 3.63) is 62.5 Å². The smallest absolute Gasteiger partial charge is 0.231 e. The minimum Gasteiger partial charge on any atom is -0.454 e. The third kappa shape index (κ3) is 2.43. The van der Waals surface area contributed by atoms with Crippen molar-refractivity contribution in [3.63, 3.8) is 0 Å². The Labute approximate surface area is 166 Å². The first-order chi connectivity index (χ1) is 12.6. The van der Waals surface area contributed by atoms with Crippen LogP contribution in [0.4, 0.5) is 5.69 Å². The first-order valence-electron chi connectivity index (χ1n) is 8.22. The second-order valence-corrected chi connectivity index (χ2v) is 8.11. The number of carbonyl (C=O) groups excluding carboxylic acids is 1. The zero-order valence-electron chi connectivity index (χ0n) is 13.5. The number of fused-ring (bicyclic) bond motifs is 4. The van der Waals surface area contributed by atoms with Crippen molar-refractivity contribution in [3.8, 4) is 11.5 Å². The molecule has 1 amide bonds. The quantitative estimate of drug-likeness (QED) is 0.501. The van der Waals surface area contributed by atoms with Gasteiger partial charge in [-0.2, -0.15) is 0 Å². The Kier molecular flexibility index (Phi) is 3.72. The van der Waals surface area contributed by atoms with E-state index in [-0.39, 0.29) is 18.6 Å². The van der Waals surface area contributed by atoms with E-state index >= 15 is 0 Å². The average molecular weight is 475 g/mol. The Morgan fingerprint density at radius 3 is 2.46 bits per heavy atom. The number of nitrogens with one attached hydrogen (secondary N) is 1. The third-order valence-electron chi connectivity index (χ3n) is 4.92. The summed E-state index contributed by atoms with van der Waals surface area (Å²) in [4.78, 5) is 12.5. The van der Waals surface area contributed by atoms with Gasteiger partial charge in [-0.25, -0.2) is 0 Å². The Morgan fingerprint density at radius 2 is 1.65 bits per heavy atom. The molecule has 0 aliphatic carbocycles. The van der Waals surface area contributed by atoms with Gasteiger partial charge < -0.3 is 14.8 Å². The largest absolute Gasteiger partial charge is 0.454 e. The summed E-state index contributed by atoms with van der Waals surface area (Å²) in [6.07, 6.45) is 0.385. The van der Waals surface area contributed by atoms with Crippen LogP contribution < -0.4 is 14.8 Å². The van der Waals surface area contributed by atoms with Crippen LogP contribution in [0.15, 0.2) is 51.4 Å². The molecule has 26 heavy (non-hydrogen) atoms. The molecule has 0 spiro atoms. The molecule has 130 valence electrons. The summed E-state index contributed by atoms with van der Waals surface area (Å²) in [5.41, 5.74) is 3.00. The van der Waals surface area contributed by atoms with Crippen LogP contribution in [0.5, 0.6) is 11.5 Å². The van der Waals surface area contributed by atoms with Gasteiger partial charge in [0.25, 0.3) is 0 Å². The van der Waals surface area contributed by atoms with Crippen molar-refractivity contribution < 1.29 is 14.3 Å².